The second-order valence-electron chi connectivity index (χ2n) is 6.54. The Balaban J connectivity index is 1.68. The van der Waals surface area contributed by atoms with Crippen molar-refractivity contribution in [2.75, 3.05) is 6.61 Å². The maximum atomic E-state index is 14.0. The van der Waals surface area contributed by atoms with Crippen molar-refractivity contribution in [1.82, 2.24) is 0 Å². The van der Waals surface area contributed by atoms with E-state index in [0.717, 1.165) is 59.7 Å². The molecule has 1 saturated carbocycles. The standard InChI is InChI=1S/C19H18F2N2OS/c20-12-6-7-16(21)14(10-12)18(22)25-19(23)8-9-24-17-13(11-4-5-11)2-1-3-15(17)19/h1-3,6-7,10-11,22H,4-5,8-9,23H2. The number of nitrogens with two attached hydrogens (primary N) is 1. The summed E-state index contributed by atoms with van der Waals surface area (Å²) in [6.07, 6.45) is 2.79. The molecule has 1 fully saturated rings. The molecule has 25 heavy (non-hydrogen) atoms. The Bertz CT molecular complexity index is 853. The zero-order valence-corrected chi connectivity index (χ0v) is 14.3. The molecule has 2 aromatic carbocycles. The van der Waals surface area contributed by atoms with Crippen LogP contribution in [-0.2, 0) is 4.87 Å². The van der Waals surface area contributed by atoms with Gasteiger partial charge in [-0.05, 0) is 42.5 Å². The fourth-order valence-electron chi connectivity index (χ4n) is 3.22. The van der Waals surface area contributed by atoms with Crippen molar-refractivity contribution in [3.8, 4) is 5.75 Å². The normalized spacial score (nSPS) is 22.2. The molecule has 0 bridgehead atoms. The molecule has 2 aromatic rings. The van der Waals surface area contributed by atoms with Crippen molar-refractivity contribution >= 4 is 16.8 Å². The lowest BCUT2D eigenvalue weighted by Crippen LogP contribution is -2.39. The molecule has 1 heterocycles. The average molecular weight is 360 g/mol. The Kier molecular flexibility index (Phi) is 4.04. The van der Waals surface area contributed by atoms with E-state index in [1.165, 1.54) is 0 Å². The third kappa shape index (κ3) is 3.04. The Hall–Kier alpha value is -1.92. The average Bonchev–Trinajstić information content (AvgIpc) is 3.41. The van der Waals surface area contributed by atoms with E-state index >= 15 is 0 Å². The van der Waals surface area contributed by atoms with Gasteiger partial charge in [0.05, 0.1) is 11.7 Å². The van der Waals surface area contributed by atoms with Crippen LogP contribution in [0.2, 0.25) is 0 Å². The fourth-order valence-corrected chi connectivity index (χ4v) is 4.31. The quantitative estimate of drug-likeness (QED) is 0.481. The highest BCUT2D eigenvalue weighted by Gasteiger charge is 2.39. The molecule has 1 aliphatic heterocycles. The van der Waals surface area contributed by atoms with Gasteiger partial charge in [-0.3, -0.25) is 5.41 Å². The summed E-state index contributed by atoms with van der Waals surface area (Å²) in [4.78, 5) is -0.895. The van der Waals surface area contributed by atoms with Gasteiger partial charge in [0.15, 0.2) is 0 Å². The fraction of sp³-hybridized carbons (Fsp3) is 0.316. The van der Waals surface area contributed by atoms with Crippen molar-refractivity contribution in [1.29, 1.82) is 5.41 Å². The number of thioether (sulfide) groups is 1. The monoisotopic (exact) mass is 360 g/mol. The Morgan fingerprint density at radius 2 is 2.04 bits per heavy atom. The van der Waals surface area contributed by atoms with Gasteiger partial charge in [0, 0.05) is 17.5 Å². The summed E-state index contributed by atoms with van der Waals surface area (Å²) in [5.41, 5.74) is 8.54. The molecule has 0 radical (unpaired) electrons. The first-order valence-corrected chi connectivity index (χ1v) is 9.07. The maximum Gasteiger partial charge on any atom is 0.133 e. The van der Waals surface area contributed by atoms with Gasteiger partial charge in [-0.1, -0.05) is 30.0 Å². The van der Waals surface area contributed by atoms with Crippen LogP contribution in [0.25, 0.3) is 0 Å². The molecule has 3 nitrogen and oxygen atoms in total. The van der Waals surface area contributed by atoms with Gasteiger partial charge in [0.2, 0.25) is 0 Å². The summed E-state index contributed by atoms with van der Waals surface area (Å²) < 4.78 is 33.3. The van der Waals surface area contributed by atoms with E-state index in [1.54, 1.807) is 0 Å². The molecule has 4 rings (SSSR count). The van der Waals surface area contributed by atoms with Crippen LogP contribution >= 0.6 is 11.8 Å². The first kappa shape index (κ1) is 16.5. The van der Waals surface area contributed by atoms with Gasteiger partial charge in [0.1, 0.15) is 22.3 Å². The van der Waals surface area contributed by atoms with E-state index in [2.05, 4.69) is 6.07 Å². The van der Waals surface area contributed by atoms with Crippen LogP contribution in [-0.4, -0.2) is 11.7 Å². The first-order valence-electron chi connectivity index (χ1n) is 8.26. The van der Waals surface area contributed by atoms with Gasteiger partial charge in [-0.15, -0.1) is 0 Å². The topological polar surface area (TPSA) is 59.1 Å². The number of hydrogen-bond acceptors (Lipinski definition) is 4. The first-order chi connectivity index (χ1) is 12.0. The van der Waals surface area contributed by atoms with Crippen molar-refractivity contribution in [3.63, 3.8) is 0 Å². The number of hydrogen-bond donors (Lipinski definition) is 2. The number of nitrogens with one attached hydrogen (secondary N) is 1. The number of ether oxygens (including phenoxy) is 1. The molecule has 1 unspecified atom stereocenters. The predicted octanol–water partition coefficient (Wildman–Crippen LogP) is 4.49. The second kappa shape index (κ2) is 6.11. The number of rotatable bonds is 3. The largest absolute Gasteiger partial charge is 0.493 e. The van der Waals surface area contributed by atoms with Crippen LogP contribution in [0.4, 0.5) is 8.78 Å². The van der Waals surface area contributed by atoms with Gasteiger partial charge < -0.3 is 10.5 Å². The highest BCUT2D eigenvalue weighted by atomic mass is 32.2. The molecule has 0 aromatic heterocycles. The third-order valence-electron chi connectivity index (χ3n) is 4.70. The summed E-state index contributed by atoms with van der Waals surface area (Å²) in [5.74, 6) is 0.124. The molecule has 6 heteroatoms. The third-order valence-corrected chi connectivity index (χ3v) is 5.91. The maximum absolute atomic E-state index is 14.0. The Labute approximate surface area is 149 Å². The smallest absolute Gasteiger partial charge is 0.133 e. The summed E-state index contributed by atoms with van der Waals surface area (Å²) in [6, 6.07) is 9.03. The van der Waals surface area contributed by atoms with Crippen molar-refractivity contribution in [2.24, 2.45) is 5.73 Å². The van der Waals surface area contributed by atoms with Crippen LogP contribution in [0.15, 0.2) is 36.4 Å². The number of para-hydroxylation sites is 1. The summed E-state index contributed by atoms with van der Waals surface area (Å²) in [5, 5.41) is 8.18. The van der Waals surface area contributed by atoms with Gasteiger partial charge in [0.25, 0.3) is 0 Å². The molecule has 0 saturated heterocycles. The van der Waals surface area contributed by atoms with Crippen LogP contribution in [0.5, 0.6) is 5.75 Å². The highest BCUT2D eigenvalue weighted by molar-refractivity contribution is 8.15. The van der Waals surface area contributed by atoms with Crippen molar-refractivity contribution in [3.05, 3.63) is 64.7 Å². The van der Waals surface area contributed by atoms with Crippen LogP contribution < -0.4 is 10.5 Å². The van der Waals surface area contributed by atoms with Crippen molar-refractivity contribution < 1.29 is 13.5 Å². The minimum absolute atomic E-state index is 0.0683. The van der Waals surface area contributed by atoms with Gasteiger partial charge >= 0.3 is 0 Å². The number of fused-ring (bicyclic) bond motifs is 1. The lowest BCUT2D eigenvalue weighted by Gasteiger charge is -2.36. The van der Waals surface area contributed by atoms with E-state index < -0.39 is 16.5 Å². The van der Waals surface area contributed by atoms with E-state index in [1.807, 2.05) is 12.1 Å². The van der Waals surface area contributed by atoms with Crippen molar-refractivity contribution in [2.45, 2.75) is 30.1 Å². The molecule has 3 N–H and O–H groups in total. The van der Waals surface area contributed by atoms with Gasteiger partial charge in [-0.2, -0.15) is 0 Å². The predicted molar refractivity (Wildman–Crippen MR) is 95.2 cm³/mol. The summed E-state index contributed by atoms with van der Waals surface area (Å²) in [7, 11) is 0. The van der Waals surface area contributed by atoms with Crippen LogP contribution in [0, 0.1) is 17.0 Å². The molecular formula is C19H18F2N2OS. The van der Waals surface area contributed by atoms with E-state index in [-0.39, 0.29) is 10.6 Å². The lowest BCUT2D eigenvalue weighted by atomic mass is 9.96. The van der Waals surface area contributed by atoms with Gasteiger partial charge in [-0.25, -0.2) is 8.78 Å². The van der Waals surface area contributed by atoms with E-state index in [0.29, 0.717) is 18.9 Å². The minimum Gasteiger partial charge on any atom is -0.493 e. The van der Waals surface area contributed by atoms with Crippen LogP contribution in [0.1, 0.15) is 41.9 Å². The molecular weight excluding hydrogens is 342 g/mol. The molecule has 0 amide bonds. The lowest BCUT2D eigenvalue weighted by molar-refractivity contribution is 0.256. The zero-order chi connectivity index (χ0) is 17.6. The number of halogens is 2. The molecule has 2 aliphatic rings. The highest BCUT2D eigenvalue weighted by Crippen LogP contribution is 2.51. The van der Waals surface area contributed by atoms with E-state index in [9.17, 15) is 8.78 Å². The molecule has 1 atom stereocenters. The summed E-state index contributed by atoms with van der Waals surface area (Å²) in [6.45, 7) is 0.444. The Morgan fingerprint density at radius 1 is 1.24 bits per heavy atom. The zero-order valence-electron chi connectivity index (χ0n) is 13.5. The second-order valence-corrected chi connectivity index (χ2v) is 7.88. The Morgan fingerprint density at radius 3 is 2.80 bits per heavy atom. The summed E-state index contributed by atoms with van der Waals surface area (Å²) >= 11 is 1.06. The minimum atomic E-state index is -0.895. The van der Waals surface area contributed by atoms with E-state index in [4.69, 9.17) is 15.9 Å². The molecule has 0 spiro atoms. The molecule has 1 aliphatic carbocycles. The SMILES string of the molecule is N=C(SC1(N)CCOc2c(C3CC3)cccc21)c1cc(F)ccc1F. The van der Waals surface area contributed by atoms with Crippen LogP contribution in [0.3, 0.4) is 0 Å². The molecule has 130 valence electrons. The number of benzene rings is 2.